The molecule has 0 aliphatic carbocycles. The summed E-state index contributed by atoms with van der Waals surface area (Å²) in [5.41, 5.74) is 0. The van der Waals surface area contributed by atoms with Crippen LogP contribution in [0.3, 0.4) is 0 Å². The maximum Gasteiger partial charge on any atom is 0.234 e. The highest BCUT2D eigenvalue weighted by Gasteiger charge is 2.18. The number of nitrogens with one attached hydrogen (secondary N) is 3. The van der Waals surface area contributed by atoms with Gasteiger partial charge in [-0.15, -0.1) is 0 Å². The molecular weight excluding hydrogens is 244 g/mol. The van der Waals surface area contributed by atoms with E-state index in [1.165, 1.54) is 19.8 Å². The fourth-order valence-corrected chi connectivity index (χ4v) is 2.23. The number of hydrogen-bond acceptors (Lipinski definition) is 4. The second-order valence-electron chi connectivity index (χ2n) is 4.95. The molecule has 0 aromatic heterocycles. The Morgan fingerprint density at radius 2 is 2.05 bits per heavy atom. The van der Waals surface area contributed by atoms with Gasteiger partial charge in [0.2, 0.25) is 11.8 Å². The number of carbonyl (C=O) groups excluding carboxylic acids is 2. The zero-order valence-corrected chi connectivity index (χ0v) is 12.0. The minimum absolute atomic E-state index is 0.0187. The van der Waals surface area contributed by atoms with E-state index < -0.39 is 0 Å². The molecular formula is C13H26N4O2. The summed E-state index contributed by atoms with van der Waals surface area (Å²) in [5.74, 6) is -0.0538. The predicted octanol–water partition coefficient (Wildman–Crippen LogP) is -0.687. The van der Waals surface area contributed by atoms with Crippen molar-refractivity contribution in [3.63, 3.8) is 0 Å². The molecule has 0 radical (unpaired) electrons. The summed E-state index contributed by atoms with van der Waals surface area (Å²) < 4.78 is 0. The zero-order valence-electron chi connectivity index (χ0n) is 12.0. The Morgan fingerprint density at radius 1 is 1.32 bits per heavy atom. The second-order valence-corrected chi connectivity index (χ2v) is 4.95. The zero-order chi connectivity index (χ0) is 14.1. The van der Waals surface area contributed by atoms with E-state index in [2.05, 4.69) is 27.8 Å². The van der Waals surface area contributed by atoms with Crippen molar-refractivity contribution >= 4 is 11.8 Å². The smallest absolute Gasteiger partial charge is 0.234 e. The average molecular weight is 270 g/mol. The summed E-state index contributed by atoms with van der Waals surface area (Å²) in [6.07, 6.45) is 2.42. The fraction of sp³-hybridized carbons (Fsp3) is 0.846. The fourth-order valence-electron chi connectivity index (χ4n) is 2.23. The highest BCUT2D eigenvalue weighted by Crippen LogP contribution is 2.06. The van der Waals surface area contributed by atoms with Crippen LogP contribution in [0.1, 0.15) is 26.7 Å². The first-order valence-electron chi connectivity index (χ1n) is 7.08. The van der Waals surface area contributed by atoms with Crippen molar-refractivity contribution in [2.45, 2.75) is 32.7 Å². The Hall–Kier alpha value is -1.14. The monoisotopic (exact) mass is 270 g/mol. The molecule has 1 fully saturated rings. The molecule has 3 N–H and O–H groups in total. The number of likely N-dealkylation sites (N-methyl/N-ethyl adjacent to an activating group) is 1. The molecule has 1 atom stereocenters. The predicted molar refractivity (Wildman–Crippen MR) is 74.8 cm³/mol. The van der Waals surface area contributed by atoms with Gasteiger partial charge in [-0.2, -0.15) is 0 Å². The van der Waals surface area contributed by atoms with Crippen molar-refractivity contribution in [1.82, 2.24) is 20.9 Å². The van der Waals surface area contributed by atoms with Crippen LogP contribution < -0.4 is 16.0 Å². The Kier molecular flexibility index (Phi) is 7.43. The van der Waals surface area contributed by atoms with E-state index in [0.29, 0.717) is 25.7 Å². The van der Waals surface area contributed by atoms with E-state index in [1.54, 1.807) is 0 Å². The summed E-state index contributed by atoms with van der Waals surface area (Å²) in [7, 11) is 0. The van der Waals surface area contributed by atoms with Crippen LogP contribution in [0.15, 0.2) is 0 Å². The minimum atomic E-state index is -0.0725. The van der Waals surface area contributed by atoms with Gasteiger partial charge in [0.15, 0.2) is 0 Å². The molecule has 2 amide bonds. The molecule has 6 nitrogen and oxygen atoms in total. The lowest BCUT2D eigenvalue weighted by Gasteiger charge is -2.23. The molecule has 1 unspecified atom stereocenters. The van der Waals surface area contributed by atoms with E-state index in [0.717, 1.165) is 19.6 Å². The first-order valence-corrected chi connectivity index (χ1v) is 7.08. The second kappa shape index (κ2) is 8.87. The summed E-state index contributed by atoms with van der Waals surface area (Å²) in [6, 6.07) is 0.520. The molecule has 0 bridgehead atoms. The Bertz CT molecular complexity index is 290. The van der Waals surface area contributed by atoms with Crippen LogP contribution in [0.4, 0.5) is 0 Å². The molecule has 1 aliphatic rings. The molecule has 1 saturated heterocycles. The molecule has 6 heteroatoms. The van der Waals surface area contributed by atoms with Crippen LogP contribution in [0.25, 0.3) is 0 Å². The number of amides is 2. The van der Waals surface area contributed by atoms with Crippen molar-refractivity contribution in [2.75, 3.05) is 39.3 Å². The van der Waals surface area contributed by atoms with Gasteiger partial charge < -0.3 is 16.0 Å². The lowest BCUT2D eigenvalue weighted by Crippen LogP contribution is -2.44. The van der Waals surface area contributed by atoms with Crippen LogP contribution in [0.2, 0.25) is 0 Å². The third-order valence-corrected chi connectivity index (χ3v) is 3.28. The van der Waals surface area contributed by atoms with E-state index in [9.17, 15) is 9.59 Å². The largest absolute Gasteiger partial charge is 0.355 e. The Morgan fingerprint density at radius 3 is 2.63 bits per heavy atom. The van der Waals surface area contributed by atoms with Crippen LogP contribution in [-0.4, -0.2) is 62.0 Å². The first kappa shape index (κ1) is 15.9. The topological polar surface area (TPSA) is 73.5 Å². The molecule has 0 aromatic rings. The summed E-state index contributed by atoms with van der Waals surface area (Å²) in [5, 5.41) is 8.90. The molecule has 0 spiro atoms. The number of carbonyl (C=O) groups is 2. The van der Waals surface area contributed by atoms with E-state index in [-0.39, 0.29) is 11.8 Å². The minimum Gasteiger partial charge on any atom is -0.355 e. The Labute approximate surface area is 115 Å². The van der Waals surface area contributed by atoms with Crippen molar-refractivity contribution < 1.29 is 9.59 Å². The standard InChI is InChI=1S/C13H26N4O2/c1-3-17(9-12-5-4-6-15-12)10-13(19)16-8-7-14-11(2)18/h12,15H,3-10H2,1-2H3,(H,14,18)(H,16,19). The summed E-state index contributed by atoms with van der Waals surface area (Å²) >= 11 is 0. The quantitative estimate of drug-likeness (QED) is 0.511. The van der Waals surface area contributed by atoms with Crippen LogP contribution in [0.5, 0.6) is 0 Å². The van der Waals surface area contributed by atoms with Gasteiger partial charge >= 0.3 is 0 Å². The summed E-state index contributed by atoms with van der Waals surface area (Å²) in [4.78, 5) is 24.6. The van der Waals surface area contributed by atoms with Crippen molar-refractivity contribution in [3.05, 3.63) is 0 Å². The third kappa shape index (κ3) is 7.12. The highest BCUT2D eigenvalue weighted by molar-refractivity contribution is 5.78. The van der Waals surface area contributed by atoms with Gasteiger partial charge in [0.1, 0.15) is 0 Å². The van der Waals surface area contributed by atoms with Gasteiger partial charge in [-0.3, -0.25) is 14.5 Å². The van der Waals surface area contributed by atoms with Gasteiger partial charge in [0, 0.05) is 32.6 Å². The van der Waals surface area contributed by atoms with Crippen molar-refractivity contribution in [3.8, 4) is 0 Å². The van der Waals surface area contributed by atoms with E-state index in [1.807, 2.05) is 0 Å². The number of nitrogens with zero attached hydrogens (tertiary/aromatic N) is 1. The lowest BCUT2D eigenvalue weighted by molar-refractivity contribution is -0.123. The Balaban J connectivity index is 2.15. The molecule has 19 heavy (non-hydrogen) atoms. The van der Waals surface area contributed by atoms with E-state index >= 15 is 0 Å². The number of hydrogen-bond donors (Lipinski definition) is 3. The normalized spacial score (nSPS) is 18.6. The maximum absolute atomic E-state index is 11.7. The van der Waals surface area contributed by atoms with Crippen LogP contribution >= 0.6 is 0 Å². The van der Waals surface area contributed by atoms with Crippen molar-refractivity contribution in [2.24, 2.45) is 0 Å². The van der Waals surface area contributed by atoms with Gasteiger partial charge in [0.05, 0.1) is 6.54 Å². The molecule has 1 heterocycles. The van der Waals surface area contributed by atoms with Gasteiger partial charge in [-0.05, 0) is 25.9 Å². The molecule has 0 saturated carbocycles. The average Bonchev–Trinajstić information content (AvgIpc) is 2.86. The van der Waals surface area contributed by atoms with Crippen LogP contribution in [-0.2, 0) is 9.59 Å². The SMILES string of the molecule is CCN(CC(=O)NCCNC(C)=O)CC1CCCN1. The van der Waals surface area contributed by atoms with Gasteiger partial charge in [-0.1, -0.05) is 6.92 Å². The molecule has 1 rings (SSSR count). The maximum atomic E-state index is 11.7. The lowest BCUT2D eigenvalue weighted by atomic mass is 10.2. The molecule has 1 aliphatic heterocycles. The molecule has 110 valence electrons. The third-order valence-electron chi connectivity index (χ3n) is 3.28. The summed E-state index contributed by atoms with van der Waals surface area (Å²) in [6.45, 7) is 7.82. The van der Waals surface area contributed by atoms with E-state index in [4.69, 9.17) is 0 Å². The van der Waals surface area contributed by atoms with Crippen LogP contribution in [0, 0.1) is 0 Å². The number of rotatable bonds is 8. The van der Waals surface area contributed by atoms with Gasteiger partial charge in [0.25, 0.3) is 0 Å². The van der Waals surface area contributed by atoms with Gasteiger partial charge in [-0.25, -0.2) is 0 Å². The first-order chi connectivity index (χ1) is 9.11. The highest BCUT2D eigenvalue weighted by atomic mass is 16.2. The molecule has 0 aromatic carbocycles. The van der Waals surface area contributed by atoms with Crippen molar-refractivity contribution in [1.29, 1.82) is 0 Å².